The van der Waals surface area contributed by atoms with Gasteiger partial charge < -0.3 is 20.4 Å². The first-order valence-electron chi connectivity index (χ1n) is 15.2. The number of benzene rings is 6. The molecule has 0 spiro atoms. The molecule has 8 nitrogen and oxygen atoms in total. The Hall–Kier alpha value is -6.61. The Morgan fingerprint density at radius 2 is 0.959 bits per heavy atom. The first kappa shape index (κ1) is 33.7. The summed E-state index contributed by atoms with van der Waals surface area (Å²) in [5, 5.41) is 37.8. The molecule has 2 amide bonds. The van der Waals surface area contributed by atoms with Gasteiger partial charge >= 0.3 is 0 Å². The molecule has 0 heterocycles. The van der Waals surface area contributed by atoms with Crippen LogP contribution < -0.4 is 9.80 Å². The van der Waals surface area contributed by atoms with Crippen molar-refractivity contribution in [2.45, 2.75) is 13.8 Å². The molecule has 0 saturated heterocycles. The molecule has 6 rings (SSSR count). The second kappa shape index (κ2) is 14.9. The monoisotopic (exact) mass is 656 g/mol. The lowest BCUT2D eigenvalue weighted by molar-refractivity contribution is 0.0990. The number of aromatic hydroxyl groups is 4. The van der Waals surface area contributed by atoms with Gasteiger partial charge in [0.15, 0.2) is 11.6 Å². The molecule has 4 N–H and O–H groups in total. The number of anilines is 4. The van der Waals surface area contributed by atoms with Crippen molar-refractivity contribution in [2.24, 2.45) is 0 Å². The van der Waals surface area contributed by atoms with Crippen molar-refractivity contribution in [3.8, 4) is 23.0 Å². The van der Waals surface area contributed by atoms with Gasteiger partial charge in [-0.15, -0.1) is 0 Å². The molecule has 0 aliphatic carbocycles. The molecule has 0 saturated carbocycles. The van der Waals surface area contributed by atoms with Crippen LogP contribution in [0.15, 0.2) is 140 Å². The maximum Gasteiger partial charge on any atom is 0.263 e. The summed E-state index contributed by atoms with van der Waals surface area (Å²) in [5.41, 5.74) is 5.07. The van der Waals surface area contributed by atoms with E-state index in [0.29, 0.717) is 28.3 Å². The van der Waals surface area contributed by atoms with Gasteiger partial charge in [-0.25, -0.2) is 4.39 Å². The molecule has 0 aliphatic heterocycles. The van der Waals surface area contributed by atoms with E-state index in [0.717, 1.165) is 23.3 Å². The number of carbonyl (C=O) groups is 2. The molecule has 0 aromatic heterocycles. The molecular formula is C40H33FN2O6. The number of halogens is 1. The maximum atomic E-state index is 13.6. The number of carbonyl (C=O) groups excluding carboxylic acids is 2. The van der Waals surface area contributed by atoms with E-state index < -0.39 is 17.5 Å². The number of nitrogens with zero attached hydrogens (tertiary/aromatic N) is 2. The molecule has 0 atom stereocenters. The number of aryl methyl sites for hydroxylation is 1. The summed E-state index contributed by atoms with van der Waals surface area (Å²) < 4.78 is 13.6. The number of hydrogen-bond acceptors (Lipinski definition) is 6. The molecule has 0 unspecified atom stereocenters. The molecule has 0 radical (unpaired) electrons. The van der Waals surface area contributed by atoms with Gasteiger partial charge in [0.2, 0.25) is 0 Å². The van der Waals surface area contributed by atoms with Crippen molar-refractivity contribution >= 4 is 34.6 Å². The third kappa shape index (κ3) is 7.86. The Balaban J connectivity index is 0.000000191. The Bertz CT molecular complexity index is 2020. The number of rotatable bonds is 6. The normalized spacial score (nSPS) is 10.4. The number of para-hydroxylation sites is 1. The summed E-state index contributed by atoms with van der Waals surface area (Å²) in [6.45, 7) is 3.89. The zero-order chi connectivity index (χ0) is 35.1. The minimum Gasteiger partial charge on any atom is -0.508 e. The molecule has 0 fully saturated rings. The highest BCUT2D eigenvalue weighted by molar-refractivity contribution is 6.12. The zero-order valence-electron chi connectivity index (χ0n) is 26.7. The van der Waals surface area contributed by atoms with Crippen LogP contribution in [0, 0.1) is 19.7 Å². The quantitative estimate of drug-likeness (QED) is 0.142. The van der Waals surface area contributed by atoms with E-state index in [-0.39, 0.29) is 28.7 Å². The summed E-state index contributed by atoms with van der Waals surface area (Å²) in [4.78, 5) is 29.2. The summed E-state index contributed by atoms with van der Waals surface area (Å²) in [7, 11) is 0. The largest absolute Gasteiger partial charge is 0.508 e. The lowest BCUT2D eigenvalue weighted by atomic mass is 10.0. The lowest BCUT2D eigenvalue weighted by Gasteiger charge is -2.24. The van der Waals surface area contributed by atoms with Crippen molar-refractivity contribution in [3.05, 3.63) is 168 Å². The summed E-state index contributed by atoms with van der Waals surface area (Å²) >= 11 is 0. The Kier molecular flexibility index (Phi) is 10.2. The van der Waals surface area contributed by atoms with Gasteiger partial charge in [-0.3, -0.25) is 19.4 Å². The lowest BCUT2D eigenvalue weighted by Crippen LogP contribution is -2.26. The summed E-state index contributed by atoms with van der Waals surface area (Å²) in [6, 6.07) is 37.1. The molecule has 246 valence electrons. The fraction of sp³-hybridized carbons (Fsp3) is 0.0500. The van der Waals surface area contributed by atoms with Gasteiger partial charge in [-0.2, -0.15) is 0 Å². The van der Waals surface area contributed by atoms with E-state index in [9.17, 15) is 34.4 Å². The second-order valence-electron chi connectivity index (χ2n) is 11.1. The zero-order valence-corrected chi connectivity index (χ0v) is 26.7. The van der Waals surface area contributed by atoms with E-state index in [1.807, 2.05) is 32.0 Å². The van der Waals surface area contributed by atoms with Gasteiger partial charge in [-0.05, 0) is 134 Å². The van der Waals surface area contributed by atoms with Crippen molar-refractivity contribution < 1.29 is 34.4 Å². The van der Waals surface area contributed by atoms with Gasteiger partial charge in [0.1, 0.15) is 17.2 Å². The van der Waals surface area contributed by atoms with Crippen LogP contribution >= 0.6 is 0 Å². The van der Waals surface area contributed by atoms with Crippen LogP contribution in [0.2, 0.25) is 0 Å². The second-order valence-corrected chi connectivity index (χ2v) is 11.1. The van der Waals surface area contributed by atoms with Crippen molar-refractivity contribution in [1.29, 1.82) is 0 Å². The number of phenolic OH excluding ortho intramolecular Hbond substituents is 4. The van der Waals surface area contributed by atoms with Gasteiger partial charge in [0.05, 0.1) is 0 Å². The van der Waals surface area contributed by atoms with Crippen LogP contribution in [-0.4, -0.2) is 32.2 Å². The number of phenols is 4. The fourth-order valence-electron chi connectivity index (χ4n) is 5.02. The molecule has 9 heteroatoms. The topological polar surface area (TPSA) is 122 Å². The molecule has 6 aromatic rings. The van der Waals surface area contributed by atoms with E-state index >= 15 is 0 Å². The third-order valence-corrected chi connectivity index (χ3v) is 7.77. The van der Waals surface area contributed by atoms with E-state index in [1.54, 1.807) is 95.9 Å². The highest BCUT2D eigenvalue weighted by Gasteiger charge is 2.23. The van der Waals surface area contributed by atoms with Crippen molar-refractivity contribution in [3.63, 3.8) is 0 Å². The highest BCUT2D eigenvalue weighted by atomic mass is 19.1. The summed E-state index contributed by atoms with van der Waals surface area (Å²) in [6.07, 6.45) is 0. The molecule has 49 heavy (non-hydrogen) atoms. The molecule has 6 aromatic carbocycles. The van der Waals surface area contributed by atoms with Crippen molar-refractivity contribution in [2.75, 3.05) is 9.80 Å². The van der Waals surface area contributed by atoms with E-state index in [2.05, 4.69) is 0 Å². The van der Waals surface area contributed by atoms with Gasteiger partial charge in [-0.1, -0.05) is 30.3 Å². The number of amides is 2. The standard InChI is InChI=1S/C21H19NO3.C19H14FNO3/c1-14-4-3-5-20(15(14)2)21(25)22(16-6-10-18(23)11-7-16)17-8-12-19(24)13-9-17;20-17-12-13(6-11-18(17)23)19(24)21(14-4-2-1-3-5-14)15-7-9-16(22)10-8-15/h3-13,23-24H,1-2H3;1-12,22-23H. The van der Waals surface area contributed by atoms with Crippen LogP contribution in [0.4, 0.5) is 27.1 Å². The van der Waals surface area contributed by atoms with E-state index in [1.165, 1.54) is 23.1 Å². The highest BCUT2D eigenvalue weighted by Crippen LogP contribution is 2.32. The Labute approximate surface area is 282 Å². The fourth-order valence-corrected chi connectivity index (χ4v) is 5.02. The molecule has 0 bridgehead atoms. The maximum absolute atomic E-state index is 13.6. The van der Waals surface area contributed by atoms with Gasteiger partial charge in [0, 0.05) is 33.9 Å². The molecule has 0 aliphatic rings. The SMILES string of the molecule is Cc1cccc(C(=O)N(c2ccc(O)cc2)c2ccc(O)cc2)c1C.O=C(c1ccc(O)c(F)c1)N(c1ccccc1)c1ccc(O)cc1. The minimum atomic E-state index is -0.862. The minimum absolute atomic E-state index is 0.0786. The predicted molar refractivity (Wildman–Crippen MR) is 188 cm³/mol. The van der Waals surface area contributed by atoms with Gasteiger partial charge in [0.25, 0.3) is 11.8 Å². The Morgan fingerprint density at radius 3 is 1.43 bits per heavy atom. The third-order valence-electron chi connectivity index (χ3n) is 7.77. The average molecular weight is 657 g/mol. The van der Waals surface area contributed by atoms with Crippen LogP contribution in [0.1, 0.15) is 31.8 Å². The smallest absolute Gasteiger partial charge is 0.263 e. The van der Waals surface area contributed by atoms with Crippen molar-refractivity contribution in [1.82, 2.24) is 0 Å². The Morgan fingerprint density at radius 1 is 0.510 bits per heavy atom. The first-order valence-corrected chi connectivity index (χ1v) is 15.2. The van der Waals surface area contributed by atoms with Crippen LogP contribution in [0.3, 0.4) is 0 Å². The van der Waals surface area contributed by atoms with Crippen LogP contribution in [0.25, 0.3) is 0 Å². The predicted octanol–water partition coefficient (Wildman–Crippen LogP) is 8.91. The average Bonchev–Trinajstić information content (AvgIpc) is 3.10. The van der Waals surface area contributed by atoms with E-state index in [4.69, 9.17) is 0 Å². The number of hydrogen-bond donors (Lipinski definition) is 4. The first-order chi connectivity index (χ1) is 23.5. The van der Waals surface area contributed by atoms with Crippen LogP contribution in [0.5, 0.6) is 23.0 Å². The molecular weight excluding hydrogens is 623 g/mol. The van der Waals surface area contributed by atoms with Crippen LogP contribution in [-0.2, 0) is 0 Å². The summed E-state index contributed by atoms with van der Waals surface area (Å²) in [5.74, 6) is -1.65.